The van der Waals surface area contributed by atoms with E-state index in [1.807, 2.05) is 18.7 Å². The van der Waals surface area contributed by atoms with Crippen molar-refractivity contribution in [3.8, 4) is 6.07 Å². The number of hydrogen-bond donors (Lipinski definition) is 1. The lowest BCUT2D eigenvalue weighted by Gasteiger charge is -2.23. The Labute approximate surface area is 134 Å². The molecular weight excluding hydrogens is 276 g/mol. The SMILES string of the molecule is CCCNC(C)(C#N)CCSc1ccc(C(C)(C)C)cc1. The van der Waals surface area contributed by atoms with Gasteiger partial charge in [-0.05, 0) is 49.4 Å². The summed E-state index contributed by atoms with van der Waals surface area (Å²) in [6, 6.07) is 11.2. The first-order chi connectivity index (χ1) is 9.80. The quantitative estimate of drug-likeness (QED) is 0.739. The molecule has 1 aromatic carbocycles. The third-order valence-electron chi connectivity index (χ3n) is 3.60. The van der Waals surface area contributed by atoms with E-state index in [1.54, 1.807) is 0 Å². The second-order valence-electron chi connectivity index (χ2n) is 6.74. The molecule has 21 heavy (non-hydrogen) atoms. The van der Waals surface area contributed by atoms with Crippen LogP contribution in [0.25, 0.3) is 0 Å². The predicted molar refractivity (Wildman–Crippen MR) is 92.8 cm³/mol. The maximum Gasteiger partial charge on any atom is 0.104 e. The van der Waals surface area contributed by atoms with Crippen LogP contribution in [-0.4, -0.2) is 17.8 Å². The Morgan fingerprint density at radius 1 is 1.14 bits per heavy atom. The Hall–Kier alpha value is -0.980. The molecule has 0 aliphatic rings. The van der Waals surface area contributed by atoms with Crippen molar-refractivity contribution in [2.24, 2.45) is 0 Å². The number of rotatable bonds is 7. The molecule has 0 heterocycles. The summed E-state index contributed by atoms with van der Waals surface area (Å²) in [4.78, 5) is 1.28. The summed E-state index contributed by atoms with van der Waals surface area (Å²) in [5, 5.41) is 12.6. The molecular formula is C18H28N2S. The maximum absolute atomic E-state index is 9.31. The lowest BCUT2D eigenvalue weighted by atomic mass is 9.87. The second kappa shape index (κ2) is 7.87. The number of nitrogens with zero attached hydrogens (tertiary/aromatic N) is 1. The highest BCUT2D eigenvalue weighted by atomic mass is 32.2. The normalized spacial score (nSPS) is 14.5. The van der Waals surface area contributed by atoms with Crippen LogP contribution in [0.3, 0.4) is 0 Å². The van der Waals surface area contributed by atoms with Crippen molar-refractivity contribution in [2.75, 3.05) is 12.3 Å². The van der Waals surface area contributed by atoms with Crippen LogP contribution < -0.4 is 5.32 Å². The molecule has 0 saturated heterocycles. The summed E-state index contributed by atoms with van der Waals surface area (Å²) < 4.78 is 0. The van der Waals surface area contributed by atoms with E-state index in [0.717, 1.165) is 25.1 Å². The van der Waals surface area contributed by atoms with E-state index >= 15 is 0 Å². The number of thioether (sulfide) groups is 1. The van der Waals surface area contributed by atoms with Gasteiger partial charge < -0.3 is 0 Å². The van der Waals surface area contributed by atoms with Crippen molar-refractivity contribution in [3.63, 3.8) is 0 Å². The van der Waals surface area contributed by atoms with Crippen LogP contribution in [0.2, 0.25) is 0 Å². The van der Waals surface area contributed by atoms with E-state index < -0.39 is 5.54 Å². The summed E-state index contributed by atoms with van der Waals surface area (Å²) >= 11 is 1.82. The number of nitrogens with one attached hydrogen (secondary N) is 1. The van der Waals surface area contributed by atoms with E-state index in [1.165, 1.54) is 10.5 Å². The fraction of sp³-hybridized carbons (Fsp3) is 0.611. The smallest absolute Gasteiger partial charge is 0.104 e. The van der Waals surface area contributed by atoms with Gasteiger partial charge in [-0.25, -0.2) is 0 Å². The van der Waals surface area contributed by atoms with E-state index in [2.05, 4.69) is 63.3 Å². The molecule has 0 saturated carbocycles. The standard InChI is InChI=1S/C18H28N2S/c1-6-12-20-18(5,14-19)11-13-21-16-9-7-15(8-10-16)17(2,3)4/h7-10,20H,6,11-13H2,1-5H3. The largest absolute Gasteiger partial charge is 0.300 e. The molecule has 1 atom stereocenters. The fourth-order valence-corrected chi connectivity index (χ4v) is 3.08. The third kappa shape index (κ3) is 6.11. The van der Waals surface area contributed by atoms with Crippen LogP contribution in [0.1, 0.15) is 53.0 Å². The van der Waals surface area contributed by atoms with Gasteiger partial charge in [0, 0.05) is 10.6 Å². The lowest BCUT2D eigenvalue weighted by Crippen LogP contribution is -2.41. The first-order valence-electron chi connectivity index (χ1n) is 7.70. The molecule has 0 aliphatic carbocycles. The van der Waals surface area contributed by atoms with Crippen LogP contribution in [0.4, 0.5) is 0 Å². The molecule has 1 N–H and O–H groups in total. The Morgan fingerprint density at radius 3 is 2.24 bits per heavy atom. The van der Waals surface area contributed by atoms with Crippen LogP contribution in [-0.2, 0) is 5.41 Å². The van der Waals surface area contributed by atoms with Crippen LogP contribution >= 0.6 is 11.8 Å². The highest BCUT2D eigenvalue weighted by Gasteiger charge is 2.22. The number of nitriles is 1. The summed E-state index contributed by atoms with van der Waals surface area (Å²) in [6.07, 6.45) is 1.91. The minimum atomic E-state index is -0.408. The fourth-order valence-electron chi connectivity index (χ4n) is 2.01. The van der Waals surface area contributed by atoms with E-state index in [9.17, 15) is 5.26 Å². The summed E-state index contributed by atoms with van der Waals surface area (Å²) in [7, 11) is 0. The lowest BCUT2D eigenvalue weighted by molar-refractivity contribution is 0.437. The minimum Gasteiger partial charge on any atom is -0.300 e. The molecule has 0 bridgehead atoms. The van der Waals surface area contributed by atoms with Gasteiger partial charge in [-0.15, -0.1) is 11.8 Å². The van der Waals surface area contributed by atoms with Crippen molar-refractivity contribution in [1.82, 2.24) is 5.32 Å². The van der Waals surface area contributed by atoms with Crippen molar-refractivity contribution in [3.05, 3.63) is 29.8 Å². The highest BCUT2D eigenvalue weighted by Crippen LogP contribution is 2.26. The van der Waals surface area contributed by atoms with Gasteiger partial charge in [0.05, 0.1) is 6.07 Å². The van der Waals surface area contributed by atoms with Gasteiger partial charge in [0.2, 0.25) is 0 Å². The average molecular weight is 305 g/mol. The molecule has 1 aromatic rings. The third-order valence-corrected chi connectivity index (χ3v) is 4.62. The summed E-state index contributed by atoms with van der Waals surface area (Å²) in [6.45, 7) is 11.7. The van der Waals surface area contributed by atoms with Gasteiger partial charge in [-0.1, -0.05) is 39.8 Å². The highest BCUT2D eigenvalue weighted by molar-refractivity contribution is 7.99. The number of benzene rings is 1. The molecule has 116 valence electrons. The molecule has 0 aliphatic heterocycles. The van der Waals surface area contributed by atoms with Gasteiger partial charge in [0.25, 0.3) is 0 Å². The molecule has 0 spiro atoms. The van der Waals surface area contributed by atoms with E-state index in [4.69, 9.17) is 0 Å². The predicted octanol–water partition coefficient (Wildman–Crippen LogP) is 4.75. The Bertz CT molecular complexity index is 467. The average Bonchev–Trinajstić information content (AvgIpc) is 2.45. The molecule has 0 radical (unpaired) electrons. The Balaban J connectivity index is 2.50. The minimum absolute atomic E-state index is 0.201. The molecule has 3 heteroatoms. The van der Waals surface area contributed by atoms with E-state index in [0.29, 0.717) is 0 Å². The van der Waals surface area contributed by atoms with Crippen molar-refractivity contribution in [1.29, 1.82) is 5.26 Å². The molecule has 0 amide bonds. The monoisotopic (exact) mass is 304 g/mol. The first-order valence-corrected chi connectivity index (χ1v) is 8.69. The zero-order chi connectivity index (χ0) is 15.9. The van der Waals surface area contributed by atoms with Crippen molar-refractivity contribution in [2.45, 2.75) is 63.3 Å². The molecule has 1 unspecified atom stereocenters. The van der Waals surface area contributed by atoms with Crippen molar-refractivity contribution < 1.29 is 0 Å². The van der Waals surface area contributed by atoms with Gasteiger partial charge in [0.15, 0.2) is 0 Å². The zero-order valence-electron chi connectivity index (χ0n) is 14.0. The van der Waals surface area contributed by atoms with Crippen LogP contribution in [0, 0.1) is 11.3 Å². The summed E-state index contributed by atoms with van der Waals surface area (Å²) in [5.41, 5.74) is 1.15. The van der Waals surface area contributed by atoms with Crippen LogP contribution in [0.5, 0.6) is 0 Å². The molecule has 2 nitrogen and oxygen atoms in total. The van der Waals surface area contributed by atoms with Gasteiger partial charge >= 0.3 is 0 Å². The zero-order valence-corrected chi connectivity index (χ0v) is 14.8. The summed E-state index contributed by atoms with van der Waals surface area (Å²) in [5.74, 6) is 0.954. The molecule has 0 fully saturated rings. The van der Waals surface area contributed by atoms with E-state index in [-0.39, 0.29) is 5.41 Å². The molecule has 0 aromatic heterocycles. The maximum atomic E-state index is 9.31. The Kier molecular flexibility index (Phi) is 6.77. The van der Waals surface area contributed by atoms with Crippen LogP contribution in [0.15, 0.2) is 29.2 Å². The van der Waals surface area contributed by atoms with Gasteiger partial charge in [-0.3, -0.25) is 5.32 Å². The number of hydrogen-bond acceptors (Lipinski definition) is 3. The first kappa shape index (κ1) is 18.1. The second-order valence-corrected chi connectivity index (χ2v) is 7.91. The van der Waals surface area contributed by atoms with Crippen molar-refractivity contribution >= 4 is 11.8 Å². The van der Waals surface area contributed by atoms with Gasteiger partial charge in [0.1, 0.15) is 5.54 Å². The topological polar surface area (TPSA) is 35.8 Å². The Morgan fingerprint density at radius 2 is 1.76 bits per heavy atom. The molecule has 1 rings (SSSR count). The van der Waals surface area contributed by atoms with Gasteiger partial charge in [-0.2, -0.15) is 5.26 Å².